The molecule has 5 aromatic rings. The van der Waals surface area contributed by atoms with E-state index in [1.54, 1.807) is 18.5 Å². The van der Waals surface area contributed by atoms with Crippen molar-refractivity contribution in [3.63, 3.8) is 0 Å². The lowest BCUT2D eigenvalue weighted by Crippen LogP contribution is -2.38. The van der Waals surface area contributed by atoms with Gasteiger partial charge < -0.3 is 18.9 Å². The van der Waals surface area contributed by atoms with Gasteiger partial charge in [-0.05, 0) is 66.6 Å². The summed E-state index contributed by atoms with van der Waals surface area (Å²) in [6.45, 7) is 7.26. The first-order valence-corrected chi connectivity index (χ1v) is 12.8. The Morgan fingerprint density at radius 3 is 2.72 bits per heavy atom. The molecule has 39 heavy (non-hydrogen) atoms. The molecule has 11 heteroatoms. The quantitative estimate of drug-likeness (QED) is 0.301. The van der Waals surface area contributed by atoms with Gasteiger partial charge in [-0.25, -0.2) is 4.68 Å². The second-order valence-corrected chi connectivity index (χ2v) is 10.2. The number of pyridine rings is 2. The fourth-order valence-electron chi connectivity index (χ4n) is 4.83. The van der Waals surface area contributed by atoms with E-state index in [0.717, 1.165) is 23.1 Å². The number of ether oxygens (including phenoxy) is 2. The number of rotatable bonds is 9. The molecule has 4 aromatic heterocycles. The Morgan fingerprint density at radius 1 is 1.13 bits per heavy atom. The van der Waals surface area contributed by atoms with E-state index >= 15 is 0 Å². The fraction of sp³-hybridized carbons (Fsp3) is 0.321. The first-order valence-electron chi connectivity index (χ1n) is 12.8. The SMILES string of the molecule is CCC(C)(C)n1nnnc1[C@H](c1cc2cc3c(cc2[nH]c1=O)OCO3)N(Cc1cccnc1)Cc1ccco1. The van der Waals surface area contributed by atoms with Crippen molar-refractivity contribution >= 4 is 10.9 Å². The number of benzene rings is 1. The topological polar surface area (TPSA) is 124 Å². The normalized spacial score (nSPS) is 13.8. The average Bonchev–Trinajstić information content (AvgIpc) is 3.71. The van der Waals surface area contributed by atoms with Gasteiger partial charge in [0.1, 0.15) is 11.8 Å². The van der Waals surface area contributed by atoms with Gasteiger partial charge in [0.15, 0.2) is 17.3 Å². The lowest BCUT2D eigenvalue weighted by atomic mass is 9.98. The molecule has 0 saturated carbocycles. The number of nitrogens with zero attached hydrogens (tertiary/aromatic N) is 6. The summed E-state index contributed by atoms with van der Waals surface area (Å²) in [7, 11) is 0. The van der Waals surface area contributed by atoms with Crippen LogP contribution in [0.5, 0.6) is 11.5 Å². The number of hydrogen-bond acceptors (Lipinski definition) is 9. The van der Waals surface area contributed by atoms with Crippen LogP contribution in [0.15, 0.2) is 70.3 Å². The molecule has 1 aliphatic rings. The van der Waals surface area contributed by atoms with Gasteiger partial charge in [-0.15, -0.1) is 5.10 Å². The summed E-state index contributed by atoms with van der Waals surface area (Å²) >= 11 is 0. The maximum atomic E-state index is 13.8. The molecule has 0 fully saturated rings. The zero-order valence-corrected chi connectivity index (χ0v) is 22.0. The molecule has 11 nitrogen and oxygen atoms in total. The smallest absolute Gasteiger partial charge is 0.253 e. The van der Waals surface area contributed by atoms with Crippen LogP contribution in [-0.4, -0.2) is 41.9 Å². The Balaban J connectivity index is 1.56. The summed E-state index contributed by atoms with van der Waals surface area (Å²) in [5.41, 5.74) is 1.50. The summed E-state index contributed by atoms with van der Waals surface area (Å²) in [6, 6.07) is 12.6. The van der Waals surface area contributed by atoms with Crippen LogP contribution in [0.3, 0.4) is 0 Å². The molecule has 1 aromatic carbocycles. The number of hydrogen-bond donors (Lipinski definition) is 1. The number of furan rings is 1. The molecule has 0 amide bonds. The predicted molar refractivity (Wildman–Crippen MR) is 142 cm³/mol. The molecule has 0 aliphatic carbocycles. The summed E-state index contributed by atoms with van der Waals surface area (Å²) in [4.78, 5) is 23.3. The van der Waals surface area contributed by atoms with E-state index in [-0.39, 0.29) is 12.4 Å². The summed E-state index contributed by atoms with van der Waals surface area (Å²) < 4.78 is 18.7. The maximum absolute atomic E-state index is 13.8. The third-order valence-electron chi connectivity index (χ3n) is 7.25. The number of aromatic amines is 1. The Bertz CT molecular complexity index is 1640. The van der Waals surface area contributed by atoms with Gasteiger partial charge in [-0.3, -0.25) is 14.7 Å². The number of aromatic nitrogens is 6. The third-order valence-corrected chi connectivity index (χ3v) is 7.25. The highest BCUT2D eigenvalue weighted by Gasteiger charge is 2.35. The number of fused-ring (bicyclic) bond motifs is 2. The summed E-state index contributed by atoms with van der Waals surface area (Å²) in [5.74, 6) is 2.55. The maximum Gasteiger partial charge on any atom is 0.253 e. The van der Waals surface area contributed by atoms with Crippen molar-refractivity contribution in [3.05, 3.63) is 94.2 Å². The van der Waals surface area contributed by atoms with Crippen LogP contribution in [0.25, 0.3) is 10.9 Å². The van der Waals surface area contributed by atoms with Crippen molar-refractivity contribution in [3.8, 4) is 11.5 Å². The van der Waals surface area contributed by atoms with Gasteiger partial charge in [-0.1, -0.05) is 13.0 Å². The molecular weight excluding hydrogens is 498 g/mol. The highest BCUT2D eigenvalue weighted by Crippen LogP contribution is 2.37. The van der Waals surface area contributed by atoms with E-state index in [2.05, 4.69) is 51.2 Å². The molecule has 0 bridgehead atoms. The van der Waals surface area contributed by atoms with Crippen molar-refractivity contribution in [2.75, 3.05) is 6.79 Å². The number of H-pyrrole nitrogens is 1. The molecule has 1 N–H and O–H groups in total. The van der Waals surface area contributed by atoms with E-state index in [1.165, 1.54) is 0 Å². The molecule has 200 valence electrons. The Kier molecular flexibility index (Phi) is 6.35. The van der Waals surface area contributed by atoms with E-state index in [9.17, 15) is 4.79 Å². The van der Waals surface area contributed by atoms with Gasteiger partial charge in [0.05, 0.1) is 23.9 Å². The lowest BCUT2D eigenvalue weighted by Gasteiger charge is -2.33. The highest BCUT2D eigenvalue weighted by atomic mass is 16.7. The van der Waals surface area contributed by atoms with Crippen LogP contribution in [0, 0.1) is 0 Å². The summed E-state index contributed by atoms with van der Waals surface area (Å²) in [6.07, 6.45) is 5.98. The Hall–Kier alpha value is -4.51. The Morgan fingerprint density at radius 2 is 1.97 bits per heavy atom. The van der Waals surface area contributed by atoms with Gasteiger partial charge in [0.2, 0.25) is 6.79 Å². The van der Waals surface area contributed by atoms with Crippen LogP contribution in [0.2, 0.25) is 0 Å². The minimum absolute atomic E-state index is 0.147. The average molecular weight is 528 g/mol. The molecule has 1 atom stereocenters. The van der Waals surface area contributed by atoms with E-state index < -0.39 is 11.6 Å². The predicted octanol–water partition coefficient (Wildman–Crippen LogP) is 4.17. The van der Waals surface area contributed by atoms with Gasteiger partial charge in [-0.2, -0.15) is 0 Å². The number of nitrogens with one attached hydrogen (secondary N) is 1. The lowest BCUT2D eigenvalue weighted by molar-refractivity contribution is 0.168. The van der Waals surface area contributed by atoms with Crippen molar-refractivity contribution < 1.29 is 13.9 Å². The first-order chi connectivity index (χ1) is 18.9. The van der Waals surface area contributed by atoms with Crippen molar-refractivity contribution in [2.24, 2.45) is 0 Å². The van der Waals surface area contributed by atoms with E-state index in [4.69, 9.17) is 13.9 Å². The minimum Gasteiger partial charge on any atom is -0.468 e. The zero-order chi connectivity index (χ0) is 27.0. The van der Waals surface area contributed by atoms with Crippen LogP contribution in [0.4, 0.5) is 0 Å². The van der Waals surface area contributed by atoms with Crippen LogP contribution >= 0.6 is 0 Å². The highest BCUT2D eigenvalue weighted by molar-refractivity contribution is 5.83. The monoisotopic (exact) mass is 527 g/mol. The molecular formula is C28H29N7O4. The third kappa shape index (κ3) is 4.76. The standard InChI is InChI=1S/C28H29N7O4/c1-4-28(2,3)35-26(31-32-33-35)25(34(16-20-8-6-10-37-20)15-18-7-5-9-29-14-18)21-11-19-12-23-24(39-17-38-23)13-22(19)30-27(21)36/h5-14,25H,4,15-17H2,1-3H3,(H,30,36)/t25-/m0/s1. The fourth-order valence-corrected chi connectivity index (χ4v) is 4.83. The van der Waals surface area contributed by atoms with Gasteiger partial charge in [0, 0.05) is 36.0 Å². The van der Waals surface area contributed by atoms with E-state index in [1.807, 2.05) is 47.3 Å². The van der Waals surface area contributed by atoms with Crippen LogP contribution in [0.1, 0.15) is 55.9 Å². The molecule has 0 spiro atoms. The second-order valence-electron chi connectivity index (χ2n) is 10.2. The first kappa shape index (κ1) is 24.8. The van der Waals surface area contributed by atoms with Crippen LogP contribution in [-0.2, 0) is 18.6 Å². The van der Waals surface area contributed by atoms with E-state index in [0.29, 0.717) is 41.5 Å². The van der Waals surface area contributed by atoms with Gasteiger partial charge in [0.25, 0.3) is 5.56 Å². The van der Waals surface area contributed by atoms with Crippen LogP contribution < -0.4 is 15.0 Å². The zero-order valence-electron chi connectivity index (χ0n) is 22.0. The second kappa shape index (κ2) is 9.99. The van der Waals surface area contributed by atoms with Crippen molar-refractivity contribution in [2.45, 2.75) is 51.9 Å². The molecule has 1 aliphatic heterocycles. The molecule has 5 heterocycles. The molecule has 6 rings (SSSR count). The Labute approximate surface area is 224 Å². The van der Waals surface area contributed by atoms with Crippen molar-refractivity contribution in [1.29, 1.82) is 0 Å². The molecule has 0 radical (unpaired) electrons. The largest absolute Gasteiger partial charge is 0.468 e. The van der Waals surface area contributed by atoms with Crippen molar-refractivity contribution in [1.82, 2.24) is 35.1 Å². The minimum atomic E-state index is -0.616. The number of tetrazole rings is 1. The molecule has 0 unspecified atom stereocenters. The van der Waals surface area contributed by atoms with Gasteiger partial charge >= 0.3 is 0 Å². The molecule has 0 saturated heterocycles. The summed E-state index contributed by atoms with van der Waals surface area (Å²) in [5, 5.41) is 13.7.